The molecule has 0 amide bonds. The summed E-state index contributed by atoms with van der Waals surface area (Å²) in [4.78, 5) is 4.74. The Kier molecular flexibility index (Phi) is 4.23. The predicted molar refractivity (Wildman–Crippen MR) is 88.4 cm³/mol. The first-order chi connectivity index (χ1) is 9.38. The number of nitrogens with one attached hydrogen (secondary N) is 1. The lowest BCUT2D eigenvalue weighted by Crippen LogP contribution is -2.14. The van der Waals surface area contributed by atoms with E-state index < -0.39 is 0 Å². The average Bonchev–Trinajstić information content (AvgIpc) is 2.76. The second kappa shape index (κ2) is 5.60. The molecule has 0 atom stereocenters. The third-order valence-corrected chi connectivity index (χ3v) is 4.38. The highest BCUT2D eigenvalue weighted by molar-refractivity contribution is 7.22. The number of aryl methyl sites for hydroxylation is 1. The molecule has 0 saturated carbocycles. The third-order valence-electron chi connectivity index (χ3n) is 3.23. The van der Waals surface area contributed by atoms with Crippen LogP contribution in [-0.2, 0) is 5.41 Å². The Balaban J connectivity index is 2.72. The van der Waals surface area contributed by atoms with Gasteiger partial charge in [-0.15, -0.1) is 0 Å². The van der Waals surface area contributed by atoms with E-state index in [1.54, 1.807) is 11.3 Å². The molecule has 0 aliphatic carbocycles. The maximum absolute atomic E-state index is 5.94. The number of hydrogen-bond acceptors (Lipinski definition) is 4. The number of ether oxygens (including phenoxy) is 1. The van der Waals surface area contributed by atoms with Gasteiger partial charge < -0.3 is 10.1 Å². The summed E-state index contributed by atoms with van der Waals surface area (Å²) in [5.74, 6) is 0.945. The van der Waals surface area contributed by atoms with Gasteiger partial charge in [-0.1, -0.05) is 38.2 Å². The molecule has 1 aromatic heterocycles. The Hall–Kier alpha value is -1.29. The van der Waals surface area contributed by atoms with Gasteiger partial charge in [0.05, 0.1) is 11.3 Å². The van der Waals surface area contributed by atoms with Gasteiger partial charge in [-0.25, -0.2) is 4.98 Å². The number of fused-ring (bicyclic) bond motifs is 1. The van der Waals surface area contributed by atoms with Gasteiger partial charge in [-0.05, 0) is 31.7 Å². The molecule has 0 bridgehead atoms. The van der Waals surface area contributed by atoms with Gasteiger partial charge in [0.15, 0.2) is 5.13 Å². The molecule has 0 spiro atoms. The minimum atomic E-state index is 0.0470. The van der Waals surface area contributed by atoms with E-state index in [0.717, 1.165) is 22.9 Å². The Morgan fingerprint density at radius 1 is 1.30 bits per heavy atom. The summed E-state index contributed by atoms with van der Waals surface area (Å²) in [6, 6.07) is 2.25. The average molecular weight is 292 g/mol. The molecule has 1 aromatic carbocycles. The second-order valence-corrected chi connectivity index (χ2v) is 6.98. The largest absolute Gasteiger partial charge is 0.491 e. The zero-order chi connectivity index (χ0) is 14.9. The van der Waals surface area contributed by atoms with E-state index in [0.29, 0.717) is 6.61 Å². The van der Waals surface area contributed by atoms with Gasteiger partial charge >= 0.3 is 0 Å². The summed E-state index contributed by atoms with van der Waals surface area (Å²) in [7, 11) is 0. The number of rotatable bonds is 4. The molecule has 0 radical (unpaired) electrons. The van der Waals surface area contributed by atoms with Crippen molar-refractivity contribution in [1.82, 2.24) is 4.98 Å². The van der Waals surface area contributed by atoms with Crippen LogP contribution in [0.2, 0.25) is 0 Å². The number of benzene rings is 1. The molecule has 0 aliphatic rings. The molecular formula is C16H24N2OS. The van der Waals surface area contributed by atoms with E-state index in [1.807, 2.05) is 6.92 Å². The van der Waals surface area contributed by atoms with Crippen molar-refractivity contribution in [1.29, 1.82) is 0 Å². The van der Waals surface area contributed by atoms with Gasteiger partial charge in [-0.3, -0.25) is 0 Å². The standard InChI is InChI=1S/C16H24N2OS/c1-7-17-15-18-12-13(19-8-2)11(16(4,5)6)9-10(3)14(12)20-15/h9H,7-8H2,1-6H3,(H,17,18). The summed E-state index contributed by atoms with van der Waals surface area (Å²) >= 11 is 1.71. The summed E-state index contributed by atoms with van der Waals surface area (Å²) in [6.07, 6.45) is 0. The first-order valence-electron chi connectivity index (χ1n) is 7.19. The summed E-state index contributed by atoms with van der Waals surface area (Å²) in [5, 5.41) is 4.27. The smallest absolute Gasteiger partial charge is 0.183 e. The molecular weight excluding hydrogens is 268 g/mol. The van der Waals surface area contributed by atoms with Crippen LogP contribution in [0.4, 0.5) is 5.13 Å². The first-order valence-corrected chi connectivity index (χ1v) is 8.01. The van der Waals surface area contributed by atoms with Crippen LogP contribution in [0, 0.1) is 6.92 Å². The van der Waals surface area contributed by atoms with Crippen LogP contribution in [0.15, 0.2) is 6.07 Å². The minimum absolute atomic E-state index is 0.0470. The van der Waals surface area contributed by atoms with Crippen molar-refractivity contribution in [3.05, 3.63) is 17.2 Å². The van der Waals surface area contributed by atoms with Gasteiger partial charge in [0.1, 0.15) is 11.3 Å². The molecule has 1 N–H and O–H groups in total. The molecule has 2 rings (SSSR count). The fourth-order valence-corrected chi connectivity index (χ4v) is 3.29. The normalized spacial score (nSPS) is 11.9. The fraction of sp³-hybridized carbons (Fsp3) is 0.562. The number of aromatic nitrogens is 1. The van der Waals surface area contributed by atoms with Crippen LogP contribution in [0.3, 0.4) is 0 Å². The zero-order valence-electron chi connectivity index (χ0n) is 13.3. The molecule has 20 heavy (non-hydrogen) atoms. The van der Waals surface area contributed by atoms with Crippen LogP contribution >= 0.6 is 11.3 Å². The van der Waals surface area contributed by atoms with E-state index in [1.165, 1.54) is 15.8 Å². The van der Waals surface area contributed by atoms with E-state index >= 15 is 0 Å². The van der Waals surface area contributed by atoms with E-state index in [-0.39, 0.29) is 5.41 Å². The van der Waals surface area contributed by atoms with Crippen molar-refractivity contribution in [2.24, 2.45) is 0 Å². The van der Waals surface area contributed by atoms with Gasteiger partial charge in [0, 0.05) is 12.1 Å². The highest BCUT2D eigenvalue weighted by atomic mass is 32.1. The van der Waals surface area contributed by atoms with E-state index in [4.69, 9.17) is 9.72 Å². The van der Waals surface area contributed by atoms with Crippen molar-refractivity contribution in [2.45, 2.75) is 47.0 Å². The van der Waals surface area contributed by atoms with Gasteiger partial charge in [-0.2, -0.15) is 0 Å². The van der Waals surface area contributed by atoms with Crippen molar-refractivity contribution < 1.29 is 4.74 Å². The monoisotopic (exact) mass is 292 g/mol. The van der Waals surface area contributed by atoms with Crippen LogP contribution in [0.1, 0.15) is 45.7 Å². The highest BCUT2D eigenvalue weighted by Gasteiger charge is 2.24. The van der Waals surface area contributed by atoms with Gasteiger partial charge in [0.2, 0.25) is 0 Å². The molecule has 2 aromatic rings. The maximum Gasteiger partial charge on any atom is 0.183 e. The third kappa shape index (κ3) is 2.75. The highest BCUT2D eigenvalue weighted by Crippen LogP contribution is 2.42. The Bertz CT molecular complexity index is 611. The van der Waals surface area contributed by atoms with Crippen LogP contribution in [0.25, 0.3) is 10.2 Å². The van der Waals surface area contributed by atoms with Gasteiger partial charge in [0.25, 0.3) is 0 Å². The molecule has 0 fully saturated rings. The molecule has 0 unspecified atom stereocenters. The molecule has 1 heterocycles. The maximum atomic E-state index is 5.94. The molecule has 3 nitrogen and oxygen atoms in total. The number of thiazole rings is 1. The van der Waals surface area contributed by atoms with Crippen LogP contribution < -0.4 is 10.1 Å². The van der Waals surface area contributed by atoms with Crippen molar-refractivity contribution in [3.8, 4) is 5.75 Å². The second-order valence-electron chi connectivity index (χ2n) is 5.98. The number of hydrogen-bond donors (Lipinski definition) is 1. The minimum Gasteiger partial charge on any atom is -0.491 e. The lowest BCUT2D eigenvalue weighted by Gasteiger charge is -2.23. The van der Waals surface area contributed by atoms with E-state index in [2.05, 4.69) is 46.0 Å². The zero-order valence-corrected chi connectivity index (χ0v) is 14.1. The van der Waals surface area contributed by atoms with E-state index in [9.17, 15) is 0 Å². The first kappa shape index (κ1) is 15.1. The lowest BCUT2D eigenvalue weighted by molar-refractivity contribution is 0.333. The van der Waals surface area contributed by atoms with Crippen LogP contribution in [-0.4, -0.2) is 18.1 Å². The van der Waals surface area contributed by atoms with Crippen molar-refractivity contribution >= 4 is 26.7 Å². The number of nitrogens with zero attached hydrogens (tertiary/aromatic N) is 1. The molecule has 4 heteroatoms. The Labute approximate surface area is 125 Å². The molecule has 0 saturated heterocycles. The summed E-state index contributed by atoms with van der Waals surface area (Å²) in [5.41, 5.74) is 3.55. The van der Waals surface area contributed by atoms with Crippen LogP contribution in [0.5, 0.6) is 5.75 Å². The Morgan fingerprint density at radius 2 is 2.00 bits per heavy atom. The predicted octanol–water partition coefficient (Wildman–Crippen LogP) is 4.73. The van der Waals surface area contributed by atoms with Crippen molar-refractivity contribution in [2.75, 3.05) is 18.5 Å². The Morgan fingerprint density at radius 3 is 2.55 bits per heavy atom. The molecule has 110 valence electrons. The topological polar surface area (TPSA) is 34.2 Å². The summed E-state index contributed by atoms with van der Waals surface area (Å²) < 4.78 is 7.16. The lowest BCUT2D eigenvalue weighted by atomic mass is 9.85. The number of anilines is 1. The SMILES string of the molecule is CCNc1nc2c(OCC)c(C(C)(C)C)cc(C)c2s1. The summed E-state index contributed by atoms with van der Waals surface area (Å²) in [6.45, 7) is 14.5. The quantitative estimate of drug-likeness (QED) is 0.884. The molecule has 0 aliphatic heterocycles. The fourth-order valence-electron chi connectivity index (χ4n) is 2.29. The van der Waals surface area contributed by atoms with Crippen molar-refractivity contribution in [3.63, 3.8) is 0 Å².